The quantitative estimate of drug-likeness (QED) is 0.261. The Kier molecular flexibility index (Phi) is 9.90. The third kappa shape index (κ3) is 7.44. The number of ether oxygens (including phenoxy) is 1. The van der Waals surface area contributed by atoms with Gasteiger partial charge in [0.25, 0.3) is 0 Å². The fourth-order valence-corrected chi connectivity index (χ4v) is 4.41. The Hall–Kier alpha value is -3.61. The Morgan fingerprint density at radius 1 is 0.971 bits per heavy atom. The first-order valence-corrected chi connectivity index (χ1v) is 12.2. The summed E-state index contributed by atoms with van der Waals surface area (Å²) in [7, 11) is 0. The van der Waals surface area contributed by atoms with E-state index in [9.17, 15) is 14.4 Å². The van der Waals surface area contributed by atoms with Crippen molar-refractivity contribution in [2.75, 3.05) is 13.2 Å². The maximum absolute atomic E-state index is 12.2. The van der Waals surface area contributed by atoms with Crippen LogP contribution in [0.15, 0.2) is 61.2 Å². The van der Waals surface area contributed by atoms with Gasteiger partial charge in [-0.3, -0.25) is 4.79 Å². The number of amides is 2. The van der Waals surface area contributed by atoms with Crippen LogP contribution in [0.1, 0.15) is 62.0 Å². The first-order chi connectivity index (χ1) is 17.0. The van der Waals surface area contributed by atoms with Gasteiger partial charge in [-0.15, -0.1) is 6.58 Å². The predicted molar refractivity (Wildman–Crippen MR) is 135 cm³/mol. The molecule has 0 aromatic heterocycles. The summed E-state index contributed by atoms with van der Waals surface area (Å²) >= 11 is 0. The van der Waals surface area contributed by atoms with Gasteiger partial charge in [0.1, 0.15) is 12.6 Å². The molecular weight excluding hydrogens is 444 g/mol. The third-order valence-electron chi connectivity index (χ3n) is 6.24. The molecule has 0 aliphatic heterocycles. The predicted octanol–water partition coefficient (Wildman–Crippen LogP) is 5.01. The van der Waals surface area contributed by atoms with E-state index in [0.717, 1.165) is 19.3 Å². The molecule has 0 heterocycles. The summed E-state index contributed by atoms with van der Waals surface area (Å²) in [6, 6.07) is 15.6. The minimum absolute atomic E-state index is 0.0387. The van der Waals surface area contributed by atoms with Gasteiger partial charge >= 0.3 is 12.1 Å². The van der Waals surface area contributed by atoms with Gasteiger partial charge in [-0.05, 0) is 47.9 Å². The molecule has 0 spiro atoms. The standard InChI is InChI=1S/C28H34N2O5/c1-2-3-16-25(27(32)33)30-26(31)17-6-4-5-11-18-29-28(34)35-19-24-22-14-9-7-12-20(22)21-13-8-10-15-23(21)24/h2,7-10,12-15,24-25H,1,3-6,11,16-19H2,(H,29,34)(H,30,31)(H,32,33). The first-order valence-electron chi connectivity index (χ1n) is 12.2. The molecule has 3 N–H and O–H groups in total. The van der Waals surface area contributed by atoms with E-state index in [2.05, 4.69) is 41.5 Å². The molecule has 0 saturated carbocycles. The van der Waals surface area contributed by atoms with E-state index in [0.29, 0.717) is 32.4 Å². The van der Waals surface area contributed by atoms with Gasteiger partial charge < -0.3 is 20.5 Å². The van der Waals surface area contributed by atoms with Crippen LogP contribution < -0.4 is 10.6 Å². The molecule has 35 heavy (non-hydrogen) atoms. The van der Waals surface area contributed by atoms with Crippen molar-refractivity contribution in [1.29, 1.82) is 0 Å². The minimum atomic E-state index is -1.03. The molecule has 1 aliphatic carbocycles. The number of unbranched alkanes of at least 4 members (excludes halogenated alkanes) is 3. The van der Waals surface area contributed by atoms with Crippen molar-refractivity contribution in [1.82, 2.24) is 10.6 Å². The monoisotopic (exact) mass is 478 g/mol. The van der Waals surface area contributed by atoms with Gasteiger partial charge in [0.15, 0.2) is 0 Å². The Bertz CT molecular complexity index is 990. The van der Waals surface area contributed by atoms with E-state index >= 15 is 0 Å². The second-order valence-corrected chi connectivity index (χ2v) is 8.74. The van der Waals surface area contributed by atoms with E-state index in [-0.39, 0.29) is 18.2 Å². The second-order valence-electron chi connectivity index (χ2n) is 8.74. The van der Waals surface area contributed by atoms with Gasteiger partial charge in [0.2, 0.25) is 5.91 Å². The number of allylic oxidation sites excluding steroid dienone is 1. The molecule has 2 amide bonds. The van der Waals surface area contributed by atoms with Crippen LogP contribution in [0, 0.1) is 0 Å². The molecule has 3 rings (SSSR count). The number of benzene rings is 2. The fraction of sp³-hybridized carbons (Fsp3) is 0.393. The SMILES string of the molecule is C=CCCC(NC(=O)CCCCCCNC(=O)OCC1c2ccccc2-c2ccccc21)C(=O)O. The summed E-state index contributed by atoms with van der Waals surface area (Å²) < 4.78 is 5.53. The molecule has 0 saturated heterocycles. The summed E-state index contributed by atoms with van der Waals surface area (Å²) in [4.78, 5) is 35.3. The van der Waals surface area contributed by atoms with Crippen LogP contribution in [0.3, 0.4) is 0 Å². The van der Waals surface area contributed by atoms with Crippen molar-refractivity contribution in [2.24, 2.45) is 0 Å². The van der Waals surface area contributed by atoms with Crippen LogP contribution in [0.25, 0.3) is 11.1 Å². The van der Waals surface area contributed by atoms with Crippen LogP contribution in [0.2, 0.25) is 0 Å². The highest BCUT2D eigenvalue weighted by Gasteiger charge is 2.28. The average Bonchev–Trinajstić information content (AvgIpc) is 3.18. The van der Waals surface area contributed by atoms with Crippen molar-refractivity contribution in [3.63, 3.8) is 0 Å². The van der Waals surface area contributed by atoms with Gasteiger partial charge in [0, 0.05) is 18.9 Å². The Balaban J connectivity index is 1.29. The van der Waals surface area contributed by atoms with Gasteiger partial charge in [-0.25, -0.2) is 9.59 Å². The van der Waals surface area contributed by atoms with E-state index in [1.165, 1.54) is 22.3 Å². The Morgan fingerprint density at radius 3 is 2.23 bits per heavy atom. The zero-order valence-corrected chi connectivity index (χ0v) is 20.0. The number of hydrogen-bond donors (Lipinski definition) is 3. The van der Waals surface area contributed by atoms with Crippen molar-refractivity contribution >= 4 is 18.0 Å². The van der Waals surface area contributed by atoms with Crippen LogP contribution in [-0.4, -0.2) is 42.3 Å². The lowest BCUT2D eigenvalue weighted by atomic mass is 9.98. The van der Waals surface area contributed by atoms with Crippen LogP contribution in [0.4, 0.5) is 4.79 Å². The number of carboxylic acid groups (broad SMARTS) is 1. The molecule has 1 aliphatic rings. The summed E-state index contributed by atoms with van der Waals surface area (Å²) in [5.41, 5.74) is 4.75. The van der Waals surface area contributed by atoms with Gasteiger partial charge in [0.05, 0.1) is 0 Å². The van der Waals surface area contributed by atoms with Crippen LogP contribution >= 0.6 is 0 Å². The van der Waals surface area contributed by atoms with Crippen molar-refractivity contribution in [3.05, 3.63) is 72.3 Å². The molecule has 1 atom stereocenters. The minimum Gasteiger partial charge on any atom is -0.480 e. The lowest BCUT2D eigenvalue weighted by Crippen LogP contribution is -2.40. The highest BCUT2D eigenvalue weighted by Crippen LogP contribution is 2.44. The van der Waals surface area contributed by atoms with E-state index in [4.69, 9.17) is 9.84 Å². The maximum Gasteiger partial charge on any atom is 0.407 e. The molecule has 2 aromatic rings. The first kappa shape index (κ1) is 26.0. The molecule has 186 valence electrons. The number of alkyl carbamates (subject to hydrolysis) is 1. The fourth-order valence-electron chi connectivity index (χ4n) is 4.41. The molecule has 7 heteroatoms. The molecule has 0 bridgehead atoms. The van der Waals surface area contributed by atoms with Crippen LogP contribution in [-0.2, 0) is 14.3 Å². The lowest BCUT2D eigenvalue weighted by molar-refractivity contribution is -0.142. The van der Waals surface area contributed by atoms with E-state index in [1.807, 2.05) is 24.3 Å². The number of carbonyl (C=O) groups excluding carboxylic acids is 2. The molecule has 7 nitrogen and oxygen atoms in total. The highest BCUT2D eigenvalue weighted by atomic mass is 16.5. The third-order valence-corrected chi connectivity index (χ3v) is 6.24. The Morgan fingerprint density at radius 2 is 1.60 bits per heavy atom. The number of carbonyl (C=O) groups is 3. The number of carboxylic acids is 1. The van der Waals surface area contributed by atoms with Crippen molar-refractivity contribution in [3.8, 4) is 11.1 Å². The number of aliphatic carboxylic acids is 1. The summed E-state index contributed by atoms with van der Waals surface area (Å²) in [6.45, 7) is 4.37. The second kappa shape index (κ2) is 13.3. The highest BCUT2D eigenvalue weighted by molar-refractivity contribution is 5.83. The van der Waals surface area contributed by atoms with E-state index in [1.54, 1.807) is 6.08 Å². The van der Waals surface area contributed by atoms with Crippen molar-refractivity contribution in [2.45, 2.75) is 56.9 Å². The van der Waals surface area contributed by atoms with Crippen molar-refractivity contribution < 1.29 is 24.2 Å². The topological polar surface area (TPSA) is 105 Å². The molecule has 2 aromatic carbocycles. The maximum atomic E-state index is 12.2. The summed E-state index contributed by atoms with van der Waals surface area (Å²) in [5.74, 6) is -1.24. The molecule has 0 radical (unpaired) electrons. The largest absolute Gasteiger partial charge is 0.480 e. The number of nitrogens with one attached hydrogen (secondary N) is 2. The zero-order chi connectivity index (χ0) is 25.0. The number of hydrogen-bond acceptors (Lipinski definition) is 4. The van der Waals surface area contributed by atoms with E-state index < -0.39 is 18.1 Å². The smallest absolute Gasteiger partial charge is 0.407 e. The summed E-state index contributed by atoms with van der Waals surface area (Å²) in [6.07, 6.45) is 5.51. The Labute approximate surface area is 206 Å². The molecular formula is C28H34N2O5. The van der Waals surface area contributed by atoms with Gasteiger partial charge in [-0.1, -0.05) is 67.4 Å². The summed E-state index contributed by atoms with van der Waals surface area (Å²) in [5, 5.41) is 14.5. The number of rotatable bonds is 14. The normalized spacial score (nSPS) is 12.8. The number of fused-ring (bicyclic) bond motifs is 3. The zero-order valence-electron chi connectivity index (χ0n) is 20.0. The molecule has 0 fully saturated rings. The average molecular weight is 479 g/mol. The molecule has 1 unspecified atom stereocenters. The van der Waals surface area contributed by atoms with Gasteiger partial charge in [-0.2, -0.15) is 0 Å². The van der Waals surface area contributed by atoms with Crippen LogP contribution in [0.5, 0.6) is 0 Å². The lowest BCUT2D eigenvalue weighted by Gasteiger charge is -2.14.